The molecule has 0 radical (unpaired) electrons. The highest BCUT2D eigenvalue weighted by Gasteiger charge is 2.15. The minimum absolute atomic E-state index is 0.151. The molecule has 20 heavy (non-hydrogen) atoms. The van der Waals surface area contributed by atoms with Gasteiger partial charge in [0.15, 0.2) is 0 Å². The van der Waals surface area contributed by atoms with E-state index in [4.69, 9.17) is 17.3 Å². The molecule has 0 aromatic heterocycles. The number of hydrogen-bond donors (Lipinski definition) is 2. The van der Waals surface area contributed by atoms with Crippen LogP contribution in [0, 0.1) is 5.82 Å². The Labute approximate surface area is 129 Å². The van der Waals surface area contributed by atoms with Crippen LogP contribution in [0.2, 0.25) is 5.02 Å². The number of anilines is 1. The molecule has 0 atom stereocenters. The molecule has 0 aliphatic rings. The summed E-state index contributed by atoms with van der Waals surface area (Å²) in [5, 5.41) is 3.64. The summed E-state index contributed by atoms with van der Waals surface area (Å²) in [6, 6.07) is 10.0. The molecule has 2 aromatic rings. The molecule has 2 aromatic carbocycles. The second-order valence-corrected chi connectivity index (χ2v) is 5.51. The van der Waals surface area contributed by atoms with Crippen molar-refractivity contribution >= 4 is 39.1 Å². The van der Waals surface area contributed by atoms with Gasteiger partial charge in [0.25, 0.3) is 5.91 Å². The van der Waals surface area contributed by atoms with Gasteiger partial charge < -0.3 is 11.1 Å². The molecule has 104 valence electrons. The fraction of sp³-hybridized carbons (Fsp3) is 0.0714. The van der Waals surface area contributed by atoms with Crippen LogP contribution < -0.4 is 11.1 Å². The van der Waals surface area contributed by atoms with Gasteiger partial charge in [0.1, 0.15) is 5.82 Å². The van der Waals surface area contributed by atoms with E-state index >= 15 is 0 Å². The zero-order valence-corrected chi connectivity index (χ0v) is 12.6. The minimum Gasteiger partial charge on any atom is -0.380 e. The maximum atomic E-state index is 13.8. The molecule has 0 saturated carbocycles. The average Bonchev–Trinajstić information content (AvgIpc) is 2.36. The predicted molar refractivity (Wildman–Crippen MR) is 81.4 cm³/mol. The smallest absolute Gasteiger partial charge is 0.253 e. The topological polar surface area (TPSA) is 55.1 Å². The van der Waals surface area contributed by atoms with Crippen LogP contribution in [0.25, 0.3) is 0 Å². The molecule has 0 fully saturated rings. The first kappa shape index (κ1) is 14.8. The molecule has 0 bridgehead atoms. The number of hydrogen-bond acceptors (Lipinski definition) is 2. The summed E-state index contributed by atoms with van der Waals surface area (Å²) in [6.07, 6.45) is 0. The fourth-order valence-electron chi connectivity index (χ4n) is 1.76. The zero-order chi connectivity index (χ0) is 14.7. The molecule has 0 heterocycles. The molecule has 0 saturated heterocycles. The third-order valence-electron chi connectivity index (χ3n) is 2.70. The van der Waals surface area contributed by atoms with E-state index in [0.29, 0.717) is 21.7 Å². The van der Waals surface area contributed by atoms with Gasteiger partial charge in [-0.25, -0.2) is 4.39 Å². The molecule has 2 rings (SSSR count). The molecule has 0 aliphatic carbocycles. The number of halogens is 3. The van der Waals surface area contributed by atoms with E-state index in [-0.39, 0.29) is 5.56 Å². The van der Waals surface area contributed by atoms with Gasteiger partial charge in [0.2, 0.25) is 0 Å². The van der Waals surface area contributed by atoms with E-state index in [9.17, 15) is 9.18 Å². The van der Waals surface area contributed by atoms with Gasteiger partial charge in [-0.2, -0.15) is 0 Å². The van der Waals surface area contributed by atoms with Gasteiger partial charge in [-0.3, -0.25) is 4.79 Å². The summed E-state index contributed by atoms with van der Waals surface area (Å²) in [4.78, 5) is 11.3. The maximum Gasteiger partial charge on any atom is 0.253 e. The van der Waals surface area contributed by atoms with Gasteiger partial charge in [0.05, 0.1) is 11.3 Å². The summed E-state index contributed by atoms with van der Waals surface area (Å²) in [5.41, 5.74) is 6.35. The van der Waals surface area contributed by atoms with Crippen molar-refractivity contribution in [1.82, 2.24) is 0 Å². The molecule has 1 amide bonds. The first-order chi connectivity index (χ1) is 9.47. The Hall–Kier alpha value is -1.59. The van der Waals surface area contributed by atoms with Crippen LogP contribution in [0.1, 0.15) is 15.9 Å². The Morgan fingerprint density at radius 3 is 2.55 bits per heavy atom. The van der Waals surface area contributed by atoms with Crippen LogP contribution >= 0.6 is 27.5 Å². The number of benzene rings is 2. The number of primary amides is 1. The van der Waals surface area contributed by atoms with Crippen LogP contribution in [0.3, 0.4) is 0 Å². The average molecular weight is 358 g/mol. The number of nitrogens with two attached hydrogens (primary N) is 1. The molecular weight excluding hydrogens is 347 g/mol. The molecular formula is C14H11BrClFN2O. The lowest BCUT2D eigenvalue weighted by atomic mass is 10.1. The predicted octanol–water partition coefficient (Wildman–Crippen LogP) is 3.95. The first-order valence-electron chi connectivity index (χ1n) is 5.74. The second kappa shape index (κ2) is 6.24. The van der Waals surface area contributed by atoms with E-state index in [1.807, 2.05) is 12.1 Å². The highest BCUT2D eigenvalue weighted by Crippen LogP contribution is 2.25. The summed E-state index contributed by atoms with van der Waals surface area (Å²) in [5.74, 6) is -1.47. The fourth-order valence-corrected chi connectivity index (χ4v) is 2.32. The SMILES string of the molecule is NC(=O)c1c(F)cc(Br)cc1NCc1ccc(Cl)cc1. The van der Waals surface area contributed by atoms with Crippen LogP contribution in [-0.4, -0.2) is 5.91 Å². The van der Waals surface area contributed by atoms with Crippen molar-refractivity contribution in [1.29, 1.82) is 0 Å². The number of carbonyl (C=O) groups is 1. The lowest BCUT2D eigenvalue weighted by Crippen LogP contribution is -2.16. The van der Waals surface area contributed by atoms with Crippen molar-refractivity contribution in [3.63, 3.8) is 0 Å². The van der Waals surface area contributed by atoms with E-state index < -0.39 is 11.7 Å². The van der Waals surface area contributed by atoms with E-state index in [0.717, 1.165) is 5.56 Å². The Bertz CT molecular complexity index is 646. The maximum absolute atomic E-state index is 13.8. The van der Waals surface area contributed by atoms with Crippen molar-refractivity contribution in [2.24, 2.45) is 5.73 Å². The summed E-state index contributed by atoms with van der Waals surface area (Å²) in [7, 11) is 0. The number of amides is 1. The molecule has 3 N–H and O–H groups in total. The summed E-state index contributed by atoms with van der Waals surface area (Å²) < 4.78 is 14.3. The monoisotopic (exact) mass is 356 g/mol. The molecule has 6 heteroatoms. The molecule has 0 spiro atoms. The van der Waals surface area contributed by atoms with Crippen molar-refractivity contribution in [3.05, 3.63) is 62.8 Å². The third-order valence-corrected chi connectivity index (χ3v) is 3.41. The minimum atomic E-state index is -0.811. The van der Waals surface area contributed by atoms with Crippen LogP contribution in [-0.2, 0) is 6.54 Å². The van der Waals surface area contributed by atoms with Crippen molar-refractivity contribution in [3.8, 4) is 0 Å². The van der Waals surface area contributed by atoms with Gasteiger partial charge in [-0.1, -0.05) is 39.7 Å². The van der Waals surface area contributed by atoms with Gasteiger partial charge in [-0.05, 0) is 29.8 Å². The van der Waals surface area contributed by atoms with Crippen LogP contribution in [0.4, 0.5) is 10.1 Å². The highest BCUT2D eigenvalue weighted by atomic mass is 79.9. The van der Waals surface area contributed by atoms with Crippen molar-refractivity contribution < 1.29 is 9.18 Å². The zero-order valence-electron chi connectivity index (χ0n) is 10.3. The van der Waals surface area contributed by atoms with Gasteiger partial charge in [0, 0.05) is 16.0 Å². The number of rotatable bonds is 4. The standard InChI is InChI=1S/C14H11BrClFN2O/c15-9-5-11(17)13(14(18)20)12(6-9)19-7-8-1-3-10(16)4-2-8/h1-6,19H,7H2,(H2,18,20). The summed E-state index contributed by atoms with van der Waals surface area (Å²) in [6.45, 7) is 0.424. The van der Waals surface area contributed by atoms with E-state index in [1.165, 1.54) is 6.07 Å². The van der Waals surface area contributed by atoms with Crippen molar-refractivity contribution in [2.45, 2.75) is 6.54 Å². The number of nitrogens with one attached hydrogen (secondary N) is 1. The quantitative estimate of drug-likeness (QED) is 0.870. The Kier molecular flexibility index (Phi) is 4.62. The molecule has 0 unspecified atom stereocenters. The summed E-state index contributed by atoms with van der Waals surface area (Å²) >= 11 is 8.98. The van der Waals surface area contributed by atoms with Crippen LogP contribution in [0.15, 0.2) is 40.9 Å². The van der Waals surface area contributed by atoms with E-state index in [2.05, 4.69) is 21.2 Å². The van der Waals surface area contributed by atoms with E-state index in [1.54, 1.807) is 18.2 Å². The molecule has 0 aliphatic heterocycles. The third kappa shape index (κ3) is 3.49. The molecule has 3 nitrogen and oxygen atoms in total. The highest BCUT2D eigenvalue weighted by molar-refractivity contribution is 9.10. The number of carbonyl (C=O) groups excluding carboxylic acids is 1. The Balaban J connectivity index is 2.24. The van der Waals surface area contributed by atoms with Crippen LogP contribution in [0.5, 0.6) is 0 Å². The van der Waals surface area contributed by atoms with Gasteiger partial charge >= 0.3 is 0 Å². The Morgan fingerprint density at radius 2 is 1.95 bits per heavy atom. The van der Waals surface area contributed by atoms with Gasteiger partial charge in [-0.15, -0.1) is 0 Å². The normalized spacial score (nSPS) is 10.3. The Morgan fingerprint density at radius 1 is 1.30 bits per heavy atom. The first-order valence-corrected chi connectivity index (χ1v) is 6.91. The largest absolute Gasteiger partial charge is 0.380 e. The lowest BCUT2D eigenvalue weighted by molar-refractivity contribution is 0.0997. The van der Waals surface area contributed by atoms with Crippen molar-refractivity contribution in [2.75, 3.05) is 5.32 Å². The second-order valence-electron chi connectivity index (χ2n) is 4.15. The lowest BCUT2D eigenvalue weighted by Gasteiger charge is -2.12.